The Balaban J connectivity index is 2.24. The highest BCUT2D eigenvalue weighted by atomic mass is 16.1. The van der Waals surface area contributed by atoms with E-state index in [9.17, 15) is 4.79 Å². The highest BCUT2D eigenvalue weighted by molar-refractivity contribution is 5.90. The van der Waals surface area contributed by atoms with Crippen molar-refractivity contribution in [2.24, 2.45) is 0 Å². The van der Waals surface area contributed by atoms with E-state index >= 15 is 0 Å². The number of hydrogen-bond donors (Lipinski definition) is 0. The van der Waals surface area contributed by atoms with Gasteiger partial charge in [-0.1, -0.05) is 24.6 Å². The molecular formula is C19H29NO. The molecular weight excluding hydrogens is 258 g/mol. The summed E-state index contributed by atoms with van der Waals surface area (Å²) in [7, 11) is 0. The molecule has 1 saturated heterocycles. The maximum Gasteiger partial charge on any atom is 0.157 e. The molecule has 21 heavy (non-hydrogen) atoms. The molecule has 1 atom stereocenters. The second-order valence-corrected chi connectivity index (χ2v) is 6.80. The Bertz CT molecular complexity index is 505. The minimum atomic E-state index is -0.291. The first-order chi connectivity index (χ1) is 9.88. The summed E-state index contributed by atoms with van der Waals surface area (Å²) in [6.07, 6.45) is 3.92. The van der Waals surface area contributed by atoms with Gasteiger partial charge in [-0.2, -0.15) is 0 Å². The highest BCUT2D eigenvalue weighted by Gasteiger charge is 2.38. The molecule has 2 nitrogen and oxygen atoms in total. The van der Waals surface area contributed by atoms with E-state index in [0.717, 1.165) is 19.5 Å². The first-order valence-electron chi connectivity index (χ1n) is 8.23. The van der Waals surface area contributed by atoms with Gasteiger partial charge in [0.15, 0.2) is 5.78 Å². The largest absolute Gasteiger partial charge is 0.297 e. The third-order valence-corrected chi connectivity index (χ3v) is 5.27. The molecule has 1 fully saturated rings. The summed E-state index contributed by atoms with van der Waals surface area (Å²) < 4.78 is 0. The minimum Gasteiger partial charge on any atom is -0.297 e. The van der Waals surface area contributed by atoms with Crippen LogP contribution in [0.5, 0.6) is 0 Å². The van der Waals surface area contributed by atoms with Crippen molar-refractivity contribution in [3.8, 4) is 0 Å². The number of carbonyl (C=O) groups excluding carboxylic acids is 1. The highest BCUT2D eigenvalue weighted by Crippen LogP contribution is 2.28. The zero-order valence-electron chi connectivity index (χ0n) is 14.3. The molecule has 1 aromatic rings. The fourth-order valence-electron chi connectivity index (χ4n) is 3.65. The molecule has 0 aromatic heterocycles. The number of Topliss-reactive ketones (excluding diaryl/α,β-unsaturated/α-hetero) is 1. The van der Waals surface area contributed by atoms with Crippen LogP contribution in [-0.4, -0.2) is 29.3 Å². The van der Waals surface area contributed by atoms with Gasteiger partial charge in [-0.15, -0.1) is 0 Å². The number of benzene rings is 1. The molecule has 0 N–H and O–H groups in total. The normalized spacial score (nSPS) is 18.7. The maximum absolute atomic E-state index is 13.0. The van der Waals surface area contributed by atoms with Gasteiger partial charge in [0, 0.05) is 6.42 Å². The molecule has 1 aliphatic heterocycles. The molecule has 0 spiro atoms. The summed E-state index contributed by atoms with van der Waals surface area (Å²) >= 11 is 0. The zero-order chi connectivity index (χ0) is 15.6. The van der Waals surface area contributed by atoms with Gasteiger partial charge in [-0.3, -0.25) is 9.69 Å². The van der Waals surface area contributed by atoms with E-state index in [1.807, 2.05) is 0 Å². The van der Waals surface area contributed by atoms with Gasteiger partial charge < -0.3 is 0 Å². The fourth-order valence-corrected chi connectivity index (χ4v) is 3.65. The van der Waals surface area contributed by atoms with Gasteiger partial charge in [0.1, 0.15) is 0 Å². The molecule has 1 aromatic carbocycles. The lowest BCUT2D eigenvalue weighted by atomic mass is 9.85. The first-order valence-corrected chi connectivity index (χ1v) is 8.23. The van der Waals surface area contributed by atoms with Crippen molar-refractivity contribution < 1.29 is 4.79 Å². The van der Waals surface area contributed by atoms with Crippen LogP contribution < -0.4 is 0 Å². The number of aryl methyl sites for hydroxylation is 3. The van der Waals surface area contributed by atoms with Crippen LogP contribution in [-0.2, 0) is 11.2 Å². The Morgan fingerprint density at radius 1 is 1.14 bits per heavy atom. The quantitative estimate of drug-likeness (QED) is 0.816. The summed E-state index contributed by atoms with van der Waals surface area (Å²) in [5.41, 5.74) is 4.71. The molecule has 1 unspecified atom stereocenters. The van der Waals surface area contributed by atoms with E-state index in [4.69, 9.17) is 0 Å². The SMILES string of the molecule is CCC(C)(C(=O)Cc1c(C)cc(C)cc1C)N1CCCC1. The minimum absolute atomic E-state index is 0.291. The molecule has 0 saturated carbocycles. The summed E-state index contributed by atoms with van der Waals surface area (Å²) in [4.78, 5) is 15.4. The molecule has 0 bridgehead atoms. The molecule has 1 aliphatic rings. The number of ketones is 1. The van der Waals surface area contributed by atoms with E-state index in [-0.39, 0.29) is 5.54 Å². The lowest BCUT2D eigenvalue weighted by molar-refractivity contribution is -0.129. The number of rotatable bonds is 5. The molecule has 0 radical (unpaired) electrons. The van der Waals surface area contributed by atoms with Crippen molar-refractivity contribution in [2.45, 2.75) is 65.8 Å². The molecule has 1 heterocycles. The second-order valence-electron chi connectivity index (χ2n) is 6.80. The van der Waals surface area contributed by atoms with Crippen molar-refractivity contribution >= 4 is 5.78 Å². The number of carbonyl (C=O) groups is 1. The Kier molecular flexibility index (Phi) is 4.88. The standard InChI is InChI=1S/C19H29NO/c1-6-19(5,20-9-7-8-10-20)18(21)13-17-15(3)11-14(2)12-16(17)4/h11-12H,6-10,13H2,1-5H3. The van der Waals surface area contributed by atoms with E-state index in [1.54, 1.807) is 0 Å². The van der Waals surface area contributed by atoms with Crippen LogP contribution in [0.4, 0.5) is 0 Å². The fraction of sp³-hybridized carbons (Fsp3) is 0.632. The molecule has 116 valence electrons. The zero-order valence-corrected chi connectivity index (χ0v) is 14.3. The van der Waals surface area contributed by atoms with Crippen LogP contribution in [0.15, 0.2) is 12.1 Å². The third kappa shape index (κ3) is 3.21. The second kappa shape index (κ2) is 6.31. The van der Waals surface area contributed by atoms with E-state index in [2.05, 4.69) is 51.7 Å². The molecule has 2 heteroatoms. The molecule has 0 amide bonds. The predicted molar refractivity (Wildman–Crippen MR) is 88.9 cm³/mol. The lowest BCUT2D eigenvalue weighted by Crippen LogP contribution is -2.51. The van der Waals surface area contributed by atoms with Gasteiger partial charge in [0.2, 0.25) is 0 Å². The summed E-state index contributed by atoms with van der Waals surface area (Å²) in [5.74, 6) is 0.377. The van der Waals surface area contributed by atoms with E-state index in [1.165, 1.54) is 35.1 Å². The average molecular weight is 287 g/mol. The van der Waals surface area contributed by atoms with Crippen molar-refractivity contribution in [3.05, 3.63) is 34.4 Å². The smallest absolute Gasteiger partial charge is 0.157 e. The Hall–Kier alpha value is -1.15. The Morgan fingerprint density at radius 3 is 2.14 bits per heavy atom. The Morgan fingerprint density at radius 2 is 1.67 bits per heavy atom. The summed E-state index contributed by atoms with van der Waals surface area (Å²) in [6.45, 7) is 12.8. The van der Waals surface area contributed by atoms with Gasteiger partial charge in [0.05, 0.1) is 5.54 Å². The Labute approximate surface area is 129 Å². The van der Waals surface area contributed by atoms with Gasteiger partial charge in [-0.25, -0.2) is 0 Å². The van der Waals surface area contributed by atoms with Crippen molar-refractivity contribution in [1.29, 1.82) is 0 Å². The van der Waals surface area contributed by atoms with Crippen LogP contribution in [0.1, 0.15) is 55.4 Å². The van der Waals surface area contributed by atoms with Crippen LogP contribution in [0.25, 0.3) is 0 Å². The van der Waals surface area contributed by atoms with Gasteiger partial charge in [0.25, 0.3) is 0 Å². The number of nitrogens with zero attached hydrogens (tertiary/aromatic N) is 1. The predicted octanol–water partition coefficient (Wildman–Crippen LogP) is 3.99. The van der Waals surface area contributed by atoms with Crippen molar-refractivity contribution in [2.75, 3.05) is 13.1 Å². The number of hydrogen-bond acceptors (Lipinski definition) is 2. The third-order valence-electron chi connectivity index (χ3n) is 5.27. The lowest BCUT2D eigenvalue weighted by Gasteiger charge is -2.37. The summed E-state index contributed by atoms with van der Waals surface area (Å²) in [5, 5.41) is 0. The van der Waals surface area contributed by atoms with Crippen molar-refractivity contribution in [3.63, 3.8) is 0 Å². The monoisotopic (exact) mass is 287 g/mol. The molecule has 2 rings (SSSR count). The number of likely N-dealkylation sites (tertiary alicyclic amines) is 1. The van der Waals surface area contributed by atoms with Gasteiger partial charge >= 0.3 is 0 Å². The van der Waals surface area contributed by atoms with E-state index < -0.39 is 0 Å². The molecule has 0 aliphatic carbocycles. The van der Waals surface area contributed by atoms with Crippen LogP contribution >= 0.6 is 0 Å². The van der Waals surface area contributed by atoms with Crippen LogP contribution in [0, 0.1) is 20.8 Å². The maximum atomic E-state index is 13.0. The van der Waals surface area contributed by atoms with Crippen molar-refractivity contribution in [1.82, 2.24) is 4.90 Å². The summed E-state index contributed by atoms with van der Waals surface area (Å²) in [6, 6.07) is 4.38. The van der Waals surface area contributed by atoms with Crippen LogP contribution in [0.2, 0.25) is 0 Å². The van der Waals surface area contributed by atoms with Crippen LogP contribution in [0.3, 0.4) is 0 Å². The van der Waals surface area contributed by atoms with E-state index in [0.29, 0.717) is 12.2 Å². The van der Waals surface area contributed by atoms with Gasteiger partial charge in [-0.05, 0) is 76.7 Å². The topological polar surface area (TPSA) is 20.3 Å². The average Bonchev–Trinajstić information content (AvgIpc) is 2.96. The first kappa shape index (κ1) is 16.2.